The zero-order chi connectivity index (χ0) is 13.1. The molecule has 0 spiro atoms. The highest BCUT2D eigenvalue weighted by atomic mass is 16.5. The van der Waals surface area contributed by atoms with Gasteiger partial charge in [0.2, 0.25) is 0 Å². The Morgan fingerprint density at radius 1 is 1.11 bits per heavy atom. The number of nitrogens with one attached hydrogen (secondary N) is 1. The second-order valence-corrected chi connectivity index (χ2v) is 6.99. The average molecular weight is 253 g/mol. The van der Waals surface area contributed by atoms with Gasteiger partial charge in [-0.2, -0.15) is 0 Å². The summed E-state index contributed by atoms with van der Waals surface area (Å²) in [6, 6.07) is 0.716. The first-order valence-corrected chi connectivity index (χ1v) is 7.95. The Morgan fingerprint density at radius 3 is 2.50 bits per heavy atom. The van der Waals surface area contributed by atoms with E-state index in [1.807, 2.05) is 0 Å². The van der Waals surface area contributed by atoms with Crippen LogP contribution in [-0.4, -0.2) is 24.8 Å². The minimum absolute atomic E-state index is 0.463. The van der Waals surface area contributed by atoms with Crippen LogP contribution >= 0.6 is 0 Å². The van der Waals surface area contributed by atoms with E-state index in [0.717, 1.165) is 24.3 Å². The molecule has 1 saturated carbocycles. The van der Waals surface area contributed by atoms with Crippen molar-refractivity contribution in [2.45, 2.75) is 78.0 Å². The normalized spacial score (nSPS) is 41.5. The Bertz CT molecular complexity index is 253. The molecule has 2 rings (SSSR count). The van der Waals surface area contributed by atoms with E-state index in [1.165, 1.54) is 32.1 Å². The van der Waals surface area contributed by atoms with E-state index in [2.05, 4.69) is 33.0 Å². The number of ether oxygens (including phenoxy) is 1. The van der Waals surface area contributed by atoms with Crippen LogP contribution in [0.3, 0.4) is 0 Å². The molecule has 0 amide bonds. The minimum Gasteiger partial charge on any atom is -0.374 e. The topological polar surface area (TPSA) is 21.3 Å². The molecule has 18 heavy (non-hydrogen) atoms. The Balaban J connectivity index is 1.81. The molecule has 1 N–H and O–H groups in total. The standard InChI is InChI=1S/C16H31NO/c1-11(2)15-8-5-12(3)9-16(15)17-10-14-7-6-13(4)18-14/h11-17H,5-10H2,1-4H3. The number of hydrogen-bond acceptors (Lipinski definition) is 2. The van der Waals surface area contributed by atoms with Gasteiger partial charge in [0.1, 0.15) is 0 Å². The van der Waals surface area contributed by atoms with Crippen molar-refractivity contribution in [2.24, 2.45) is 17.8 Å². The summed E-state index contributed by atoms with van der Waals surface area (Å²) in [5, 5.41) is 3.82. The van der Waals surface area contributed by atoms with Crippen molar-refractivity contribution in [1.29, 1.82) is 0 Å². The third-order valence-electron chi connectivity index (χ3n) is 4.95. The fraction of sp³-hybridized carbons (Fsp3) is 1.00. The number of rotatable bonds is 4. The molecule has 5 unspecified atom stereocenters. The molecule has 106 valence electrons. The van der Waals surface area contributed by atoms with E-state index < -0.39 is 0 Å². The van der Waals surface area contributed by atoms with Gasteiger partial charge in [-0.05, 0) is 50.4 Å². The lowest BCUT2D eigenvalue weighted by atomic mass is 9.74. The van der Waals surface area contributed by atoms with Gasteiger partial charge in [-0.15, -0.1) is 0 Å². The maximum absolute atomic E-state index is 5.91. The van der Waals surface area contributed by atoms with Crippen LogP contribution in [0, 0.1) is 17.8 Å². The summed E-state index contributed by atoms with van der Waals surface area (Å²) in [6.45, 7) is 10.4. The molecule has 0 radical (unpaired) electrons. The summed E-state index contributed by atoms with van der Waals surface area (Å²) in [5.41, 5.74) is 0. The van der Waals surface area contributed by atoms with Gasteiger partial charge < -0.3 is 10.1 Å². The quantitative estimate of drug-likeness (QED) is 0.826. The van der Waals surface area contributed by atoms with Crippen LogP contribution in [0.5, 0.6) is 0 Å². The number of hydrogen-bond donors (Lipinski definition) is 1. The molecule has 2 fully saturated rings. The van der Waals surface area contributed by atoms with E-state index in [1.54, 1.807) is 0 Å². The predicted molar refractivity (Wildman–Crippen MR) is 76.7 cm³/mol. The zero-order valence-corrected chi connectivity index (χ0v) is 12.6. The largest absolute Gasteiger partial charge is 0.374 e. The maximum atomic E-state index is 5.91. The van der Waals surface area contributed by atoms with Crippen molar-refractivity contribution >= 4 is 0 Å². The molecule has 5 atom stereocenters. The van der Waals surface area contributed by atoms with Crippen LogP contribution in [0.1, 0.15) is 59.8 Å². The van der Waals surface area contributed by atoms with Crippen molar-refractivity contribution in [2.75, 3.05) is 6.54 Å². The second kappa shape index (κ2) is 6.38. The van der Waals surface area contributed by atoms with Crippen LogP contribution in [0.4, 0.5) is 0 Å². The lowest BCUT2D eigenvalue weighted by Crippen LogP contribution is -2.45. The van der Waals surface area contributed by atoms with Crippen LogP contribution in [0.2, 0.25) is 0 Å². The third-order valence-corrected chi connectivity index (χ3v) is 4.95. The summed E-state index contributed by atoms with van der Waals surface area (Å²) in [6.07, 6.45) is 7.58. The Labute approximate surface area is 113 Å². The first-order valence-electron chi connectivity index (χ1n) is 7.95. The predicted octanol–water partition coefficient (Wildman–Crippen LogP) is 3.60. The van der Waals surface area contributed by atoms with Gasteiger partial charge in [-0.1, -0.05) is 27.2 Å². The van der Waals surface area contributed by atoms with E-state index in [9.17, 15) is 0 Å². The fourth-order valence-corrected chi connectivity index (χ4v) is 3.76. The lowest BCUT2D eigenvalue weighted by molar-refractivity contribution is 0.0486. The molecule has 1 aliphatic carbocycles. The molecule has 2 aliphatic rings. The molecule has 1 heterocycles. The van der Waals surface area contributed by atoms with Crippen molar-refractivity contribution in [3.8, 4) is 0 Å². The Kier molecular flexibility index (Phi) is 5.08. The average Bonchev–Trinajstić information content (AvgIpc) is 2.72. The van der Waals surface area contributed by atoms with Gasteiger partial charge >= 0.3 is 0 Å². The lowest BCUT2D eigenvalue weighted by Gasteiger charge is -2.38. The van der Waals surface area contributed by atoms with Crippen molar-refractivity contribution in [3.05, 3.63) is 0 Å². The smallest absolute Gasteiger partial charge is 0.0704 e. The molecule has 0 bridgehead atoms. The molecule has 0 aromatic rings. The third kappa shape index (κ3) is 3.71. The van der Waals surface area contributed by atoms with Crippen molar-refractivity contribution in [1.82, 2.24) is 5.32 Å². The summed E-state index contributed by atoms with van der Waals surface area (Å²) in [7, 11) is 0. The zero-order valence-electron chi connectivity index (χ0n) is 12.6. The molecule has 0 aromatic carbocycles. The molecule has 0 aromatic heterocycles. The molecule has 2 nitrogen and oxygen atoms in total. The van der Waals surface area contributed by atoms with Crippen LogP contribution < -0.4 is 5.32 Å². The van der Waals surface area contributed by atoms with Gasteiger partial charge in [0.05, 0.1) is 12.2 Å². The fourth-order valence-electron chi connectivity index (χ4n) is 3.76. The van der Waals surface area contributed by atoms with E-state index in [0.29, 0.717) is 18.2 Å². The first kappa shape index (κ1) is 14.3. The Hall–Kier alpha value is -0.0800. The highest BCUT2D eigenvalue weighted by molar-refractivity contribution is 4.86. The highest BCUT2D eigenvalue weighted by Gasteiger charge is 2.31. The van der Waals surface area contributed by atoms with Gasteiger partial charge in [0.15, 0.2) is 0 Å². The summed E-state index contributed by atoms with van der Waals surface area (Å²) in [5.74, 6) is 2.55. The first-order chi connectivity index (χ1) is 8.56. The van der Waals surface area contributed by atoms with Crippen molar-refractivity contribution in [3.63, 3.8) is 0 Å². The molecule has 2 heteroatoms. The van der Waals surface area contributed by atoms with Crippen LogP contribution in [-0.2, 0) is 4.74 Å². The highest BCUT2D eigenvalue weighted by Crippen LogP contribution is 2.33. The molecular formula is C16H31NO. The molecular weight excluding hydrogens is 222 g/mol. The minimum atomic E-state index is 0.463. The van der Waals surface area contributed by atoms with Crippen molar-refractivity contribution < 1.29 is 4.74 Å². The van der Waals surface area contributed by atoms with E-state index in [-0.39, 0.29) is 0 Å². The van der Waals surface area contributed by atoms with Gasteiger partial charge in [-0.25, -0.2) is 0 Å². The maximum Gasteiger partial charge on any atom is 0.0704 e. The molecule has 1 aliphatic heterocycles. The monoisotopic (exact) mass is 253 g/mol. The van der Waals surface area contributed by atoms with Gasteiger partial charge in [0.25, 0.3) is 0 Å². The van der Waals surface area contributed by atoms with Gasteiger partial charge in [-0.3, -0.25) is 0 Å². The SMILES string of the molecule is CC1CCC(C(C)C)C(NCC2CCC(C)O2)C1. The Morgan fingerprint density at radius 2 is 1.89 bits per heavy atom. The van der Waals surface area contributed by atoms with E-state index in [4.69, 9.17) is 4.74 Å². The molecule has 1 saturated heterocycles. The van der Waals surface area contributed by atoms with Crippen LogP contribution in [0.25, 0.3) is 0 Å². The van der Waals surface area contributed by atoms with Crippen LogP contribution in [0.15, 0.2) is 0 Å². The summed E-state index contributed by atoms with van der Waals surface area (Å²) < 4.78 is 5.91. The van der Waals surface area contributed by atoms with E-state index >= 15 is 0 Å². The second-order valence-electron chi connectivity index (χ2n) is 6.99. The summed E-state index contributed by atoms with van der Waals surface area (Å²) in [4.78, 5) is 0. The van der Waals surface area contributed by atoms with Gasteiger partial charge in [0, 0.05) is 12.6 Å². The summed E-state index contributed by atoms with van der Waals surface area (Å²) >= 11 is 0.